The molecule has 2 atom stereocenters. The van der Waals surface area contributed by atoms with Gasteiger partial charge in [-0.05, 0) is 43.0 Å². The third-order valence-electron chi connectivity index (χ3n) is 4.84. The van der Waals surface area contributed by atoms with Gasteiger partial charge in [0.25, 0.3) is 0 Å². The lowest BCUT2D eigenvalue weighted by Gasteiger charge is -2.27. The van der Waals surface area contributed by atoms with Crippen LogP contribution in [0.1, 0.15) is 49.9 Å². The fourth-order valence-electron chi connectivity index (χ4n) is 3.48. The minimum Gasteiger partial charge on any atom is -0.480 e. The predicted molar refractivity (Wildman–Crippen MR) is 88.2 cm³/mol. The van der Waals surface area contributed by atoms with Crippen LogP contribution in [-0.4, -0.2) is 25.8 Å². The standard InChI is InChI=1S/C18H22FN3O2/c1-11-5-3-4-6-14(11)18-20-17(21-22(18)10-16(23)24)13-7-8-15(19)12(2)9-13/h7-9,11,14H,3-6,10H2,1-2H3,(H,23,24). The van der Waals surface area contributed by atoms with Crippen molar-refractivity contribution >= 4 is 5.97 Å². The number of aliphatic carboxylic acids is 1. The Bertz CT molecular complexity index is 757. The second-order valence-electron chi connectivity index (χ2n) is 6.68. The number of hydrogen-bond donors (Lipinski definition) is 1. The maximum atomic E-state index is 13.5. The molecule has 1 heterocycles. The molecule has 0 amide bonds. The summed E-state index contributed by atoms with van der Waals surface area (Å²) in [4.78, 5) is 15.8. The first-order chi connectivity index (χ1) is 11.5. The van der Waals surface area contributed by atoms with Gasteiger partial charge in [0.15, 0.2) is 5.82 Å². The molecule has 0 aliphatic heterocycles. The second kappa shape index (κ2) is 6.71. The molecule has 1 fully saturated rings. The van der Waals surface area contributed by atoms with Crippen LogP contribution in [0, 0.1) is 18.7 Å². The summed E-state index contributed by atoms with van der Waals surface area (Å²) in [5.41, 5.74) is 1.23. The number of nitrogens with zero attached hydrogens (tertiary/aromatic N) is 3. The van der Waals surface area contributed by atoms with Gasteiger partial charge >= 0.3 is 5.97 Å². The number of halogens is 1. The lowest BCUT2D eigenvalue weighted by molar-refractivity contribution is -0.138. The summed E-state index contributed by atoms with van der Waals surface area (Å²) in [6.07, 6.45) is 4.45. The van der Waals surface area contributed by atoms with Gasteiger partial charge in [0.2, 0.25) is 0 Å². The van der Waals surface area contributed by atoms with Crippen LogP contribution in [0.15, 0.2) is 18.2 Å². The van der Waals surface area contributed by atoms with Crippen LogP contribution >= 0.6 is 0 Å². The Morgan fingerprint density at radius 3 is 2.79 bits per heavy atom. The van der Waals surface area contributed by atoms with Crippen molar-refractivity contribution in [2.75, 3.05) is 0 Å². The molecule has 1 aliphatic carbocycles. The Balaban J connectivity index is 2.02. The minimum atomic E-state index is -0.938. The molecule has 0 spiro atoms. The Hall–Kier alpha value is -2.24. The van der Waals surface area contributed by atoms with Gasteiger partial charge in [-0.1, -0.05) is 26.2 Å². The maximum Gasteiger partial charge on any atom is 0.325 e. The molecule has 1 aromatic heterocycles. The van der Waals surface area contributed by atoms with E-state index in [2.05, 4.69) is 17.0 Å². The zero-order valence-corrected chi connectivity index (χ0v) is 14.0. The molecule has 1 N–H and O–H groups in total. The van der Waals surface area contributed by atoms with Gasteiger partial charge in [-0.2, -0.15) is 5.10 Å². The van der Waals surface area contributed by atoms with Gasteiger partial charge in [-0.3, -0.25) is 4.79 Å². The van der Waals surface area contributed by atoms with Gasteiger partial charge in [0.05, 0.1) is 0 Å². The van der Waals surface area contributed by atoms with Gasteiger partial charge in [-0.25, -0.2) is 14.1 Å². The molecular weight excluding hydrogens is 309 g/mol. The van der Waals surface area contributed by atoms with Crippen LogP contribution in [0.25, 0.3) is 11.4 Å². The lowest BCUT2D eigenvalue weighted by atomic mass is 9.80. The minimum absolute atomic E-state index is 0.203. The Morgan fingerprint density at radius 2 is 2.12 bits per heavy atom. The van der Waals surface area contributed by atoms with Crippen molar-refractivity contribution in [1.29, 1.82) is 0 Å². The maximum absolute atomic E-state index is 13.5. The highest BCUT2D eigenvalue weighted by Crippen LogP contribution is 2.37. The molecular formula is C18H22FN3O2. The third kappa shape index (κ3) is 3.32. The second-order valence-corrected chi connectivity index (χ2v) is 6.68. The van der Waals surface area contributed by atoms with Crippen LogP contribution in [0.5, 0.6) is 0 Å². The molecule has 128 valence electrons. The topological polar surface area (TPSA) is 68.0 Å². The van der Waals surface area contributed by atoms with Crippen molar-refractivity contribution in [3.8, 4) is 11.4 Å². The number of benzene rings is 1. The van der Waals surface area contributed by atoms with Crippen molar-refractivity contribution in [2.45, 2.75) is 52.0 Å². The molecule has 1 saturated carbocycles. The molecule has 0 radical (unpaired) electrons. The highest BCUT2D eigenvalue weighted by Gasteiger charge is 2.29. The van der Waals surface area contributed by atoms with Crippen LogP contribution in [0.4, 0.5) is 4.39 Å². The fourth-order valence-corrected chi connectivity index (χ4v) is 3.48. The summed E-state index contributed by atoms with van der Waals surface area (Å²) in [5, 5.41) is 13.6. The van der Waals surface area contributed by atoms with E-state index in [9.17, 15) is 14.3 Å². The SMILES string of the molecule is Cc1cc(-c2nc(C3CCCCC3C)n(CC(=O)O)n2)ccc1F. The van der Waals surface area contributed by atoms with Gasteiger partial charge in [-0.15, -0.1) is 0 Å². The van der Waals surface area contributed by atoms with Crippen molar-refractivity contribution in [3.63, 3.8) is 0 Å². The predicted octanol–water partition coefficient (Wildman–Crippen LogP) is 3.77. The number of aromatic nitrogens is 3. The quantitative estimate of drug-likeness (QED) is 0.926. The van der Waals surface area contributed by atoms with Gasteiger partial charge in [0, 0.05) is 11.5 Å². The van der Waals surface area contributed by atoms with E-state index in [1.807, 2.05) is 0 Å². The molecule has 2 aromatic rings. The Labute approximate surface area is 140 Å². The molecule has 5 nitrogen and oxygen atoms in total. The first kappa shape index (κ1) is 16.6. The summed E-state index contributed by atoms with van der Waals surface area (Å²) in [6, 6.07) is 4.73. The zero-order chi connectivity index (χ0) is 17.3. The van der Waals surface area contributed by atoms with Crippen molar-refractivity contribution in [1.82, 2.24) is 14.8 Å². The molecule has 2 unspecified atom stereocenters. The van der Waals surface area contributed by atoms with E-state index < -0.39 is 5.97 Å². The van der Waals surface area contributed by atoms with Crippen LogP contribution in [0.3, 0.4) is 0 Å². The van der Waals surface area contributed by atoms with Crippen LogP contribution in [-0.2, 0) is 11.3 Å². The fraction of sp³-hybridized carbons (Fsp3) is 0.500. The van der Waals surface area contributed by atoms with Crippen LogP contribution in [0.2, 0.25) is 0 Å². The number of carboxylic acid groups (broad SMARTS) is 1. The summed E-state index contributed by atoms with van der Waals surface area (Å²) in [7, 11) is 0. The summed E-state index contributed by atoms with van der Waals surface area (Å²) in [6.45, 7) is 3.67. The Kier molecular flexibility index (Phi) is 4.64. The number of hydrogen-bond acceptors (Lipinski definition) is 3. The van der Waals surface area contributed by atoms with Crippen molar-refractivity contribution in [3.05, 3.63) is 35.4 Å². The van der Waals surface area contributed by atoms with Crippen molar-refractivity contribution < 1.29 is 14.3 Å². The smallest absolute Gasteiger partial charge is 0.325 e. The van der Waals surface area contributed by atoms with E-state index in [4.69, 9.17) is 0 Å². The highest BCUT2D eigenvalue weighted by molar-refractivity contribution is 5.66. The van der Waals surface area contributed by atoms with Crippen molar-refractivity contribution in [2.24, 2.45) is 5.92 Å². The van der Waals surface area contributed by atoms with E-state index in [1.165, 1.54) is 17.2 Å². The first-order valence-corrected chi connectivity index (χ1v) is 8.38. The van der Waals surface area contributed by atoms with E-state index in [1.54, 1.807) is 19.1 Å². The molecule has 0 saturated heterocycles. The number of aryl methyl sites for hydroxylation is 1. The largest absolute Gasteiger partial charge is 0.480 e. The summed E-state index contributed by atoms with van der Waals surface area (Å²) in [5.74, 6) is 0.671. The molecule has 3 rings (SSSR count). The molecule has 1 aliphatic rings. The van der Waals surface area contributed by atoms with E-state index in [-0.39, 0.29) is 18.3 Å². The normalized spacial score (nSPS) is 21.0. The number of carboxylic acids is 1. The average molecular weight is 331 g/mol. The molecule has 6 heteroatoms. The van der Waals surface area contributed by atoms with E-state index >= 15 is 0 Å². The Morgan fingerprint density at radius 1 is 1.38 bits per heavy atom. The molecule has 24 heavy (non-hydrogen) atoms. The zero-order valence-electron chi connectivity index (χ0n) is 14.0. The highest BCUT2D eigenvalue weighted by atomic mass is 19.1. The first-order valence-electron chi connectivity index (χ1n) is 8.38. The monoisotopic (exact) mass is 331 g/mol. The van der Waals surface area contributed by atoms with E-state index in [0.717, 1.165) is 25.1 Å². The summed E-state index contributed by atoms with van der Waals surface area (Å²) < 4.78 is 15.0. The van der Waals surface area contributed by atoms with Gasteiger partial charge in [0.1, 0.15) is 18.2 Å². The number of rotatable bonds is 4. The van der Waals surface area contributed by atoms with E-state index in [0.29, 0.717) is 22.9 Å². The van der Waals surface area contributed by atoms with Gasteiger partial charge < -0.3 is 5.11 Å². The summed E-state index contributed by atoms with van der Waals surface area (Å²) >= 11 is 0. The average Bonchev–Trinajstić information content (AvgIpc) is 2.93. The lowest BCUT2D eigenvalue weighted by Crippen LogP contribution is -2.22. The van der Waals surface area contributed by atoms with Crippen LogP contribution < -0.4 is 0 Å². The number of carbonyl (C=O) groups is 1. The molecule has 0 bridgehead atoms. The molecule has 1 aromatic carbocycles. The third-order valence-corrected chi connectivity index (χ3v) is 4.84.